The maximum absolute atomic E-state index is 9.95. The second-order valence-corrected chi connectivity index (χ2v) is 5.67. The second kappa shape index (κ2) is 6.18. The number of aromatic hydroxyl groups is 1. The van der Waals surface area contributed by atoms with Gasteiger partial charge in [0.15, 0.2) is 5.11 Å². The van der Waals surface area contributed by atoms with Crippen LogP contribution in [0, 0.1) is 0 Å². The van der Waals surface area contributed by atoms with E-state index < -0.39 is 0 Å². The fourth-order valence-electron chi connectivity index (χ4n) is 2.13. The van der Waals surface area contributed by atoms with E-state index in [-0.39, 0.29) is 5.75 Å². The zero-order valence-electron chi connectivity index (χ0n) is 11.7. The van der Waals surface area contributed by atoms with E-state index in [9.17, 15) is 5.11 Å². The van der Waals surface area contributed by atoms with Gasteiger partial charge in [-0.1, -0.05) is 18.2 Å². The molecule has 1 aromatic carbocycles. The Morgan fingerprint density at radius 3 is 2.71 bits per heavy atom. The van der Waals surface area contributed by atoms with Crippen molar-refractivity contribution in [3.8, 4) is 5.75 Å². The predicted molar refractivity (Wildman–Crippen MR) is 84.8 cm³/mol. The van der Waals surface area contributed by atoms with Crippen LogP contribution < -0.4 is 5.32 Å². The van der Waals surface area contributed by atoms with E-state index in [1.165, 1.54) is 12.8 Å². The Morgan fingerprint density at radius 1 is 1.24 bits per heavy atom. The van der Waals surface area contributed by atoms with Gasteiger partial charge in [-0.2, -0.15) is 0 Å². The third kappa shape index (κ3) is 3.76. The van der Waals surface area contributed by atoms with Gasteiger partial charge >= 0.3 is 0 Å². The molecule has 2 aromatic rings. The van der Waals surface area contributed by atoms with E-state index >= 15 is 0 Å². The lowest BCUT2D eigenvalue weighted by atomic mass is 10.2. The summed E-state index contributed by atoms with van der Waals surface area (Å²) in [6.07, 6.45) is 4.00. The van der Waals surface area contributed by atoms with Crippen molar-refractivity contribution >= 4 is 17.3 Å². The molecule has 110 valence electrons. The molecular formula is C16H18N2O2S. The SMILES string of the molecule is Oc1ccccc1CN(Cc1ccco1)C(=S)NC1CC1. The fourth-order valence-corrected chi connectivity index (χ4v) is 2.43. The number of para-hydroxylation sites is 1. The van der Waals surface area contributed by atoms with Gasteiger partial charge in [-0.3, -0.25) is 0 Å². The summed E-state index contributed by atoms with van der Waals surface area (Å²) in [6, 6.07) is 11.6. The van der Waals surface area contributed by atoms with Gasteiger partial charge in [-0.05, 0) is 43.3 Å². The molecule has 0 radical (unpaired) electrons. The highest BCUT2D eigenvalue weighted by Gasteiger charge is 2.24. The van der Waals surface area contributed by atoms with Crippen LogP contribution in [0.1, 0.15) is 24.2 Å². The summed E-state index contributed by atoms with van der Waals surface area (Å²) in [5.74, 6) is 1.14. The zero-order valence-corrected chi connectivity index (χ0v) is 12.5. The van der Waals surface area contributed by atoms with Crippen LogP contribution in [0.5, 0.6) is 5.75 Å². The Morgan fingerprint density at radius 2 is 2.05 bits per heavy atom. The number of furan rings is 1. The topological polar surface area (TPSA) is 48.6 Å². The quantitative estimate of drug-likeness (QED) is 0.832. The van der Waals surface area contributed by atoms with Gasteiger partial charge in [0.05, 0.1) is 12.8 Å². The first-order chi connectivity index (χ1) is 10.2. The van der Waals surface area contributed by atoms with Crippen LogP contribution >= 0.6 is 12.2 Å². The minimum atomic E-state index is 0.288. The maximum Gasteiger partial charge on any atom is 0.169 e. The normalized spacial score (nSPS) is 13.9. The lowest BCUT2D eigenvalue weighted by Crippen LogP contribution is -2.39. The molecule has 1 aliphatic rings. The number of rotatable bonds is 5. The number of benzene rings is 1. The van der Waals surface area contributed by atoms with Gasteiger partial charge in [0, 0.05) is 18.2 Å². The van der Waals surface area contributed by atoms with E-state index in [1.807, 2.05) is 35.2 Å². The summed E-state index contributed by atoms with van der Waals surface area (Å²) < 4.78 is 5.41. The zero-order chi connectivity index (χ0) is 14.7. The highest BCUT2D eigenvalue weighted by Crippen LogP contribution is 2.22. The lowest BCUT2D eigenvalue weighted by molar-refractivity contribution is 0.344. The monoisotopic (exact) mass is 302 g/mol. The smallest absolute Gasteiger partial charge is 0.169 e. The Labute approximate surface area is 129 Å². The number of hydrogen-bond acceptors (Lipinski definition) is 3. The van der Waals surface area contributed by atoms with E-state index in [1.54, 1.807) is 12.3 Å². The molecule has 0 spiro atoms. The Bertz CT molecular complexity index is 608. The molecule has 1 aromatic heterocycles. The molecule has 0 bridgehead atoms. The van der Waals surface area contributed by atoms with Crippen LogP contribution in [0.2, 0.25) is 0 Å². The molecule has 1 saturated carbocycles. The van der Waals surface area contributed by atoms with Crippen molar-refractivity contribution in [1.29, 1.82) is 0 Å². The van der Waals surface area contributed by atoms with Crippen molar-refractivity contribution in [3.05, 3.63) is 54.0 Å². The van der Waals surface area contributed by atoms with E-state index in [4.69, 9.17) is 16.6 Å². The van der Waals surface area contributed by atoms with Crippen LogP contribution in [0.25, 0.3) is 0 Å². The fraction of sp³-hybridized carbons (Fsp3) is 0.312. The molecule has 3 rings (SSSR count). The Balaban J connectivity index is 1.74. The van der Waals surface area contributed by atoms with Crippen molar-refractivity contribution in [3.63, 3.8) is 0 Å². The maximum atomic E-state index is 9.95. The number of phenolic OH excluding ortho intramolecular Hbond substituents is 1. The highest BCUT2D eigenvalue weighted by molar-refractivity contribution is 7.80. The molecule has 2 N–H and O–H groups in total. The molecule has 1 fully saturated rings. The molecule has 0 unspecified atom stereocenters. The summed E-state index contributed by atoms with van der Waals surface area (Å²) in [6.45, 7) is 1.13. The molecule has 0 atom stereocenters. The molecule has 5 heteroatoms. The van der Waals surface area contributed by atoms with Gasteiger partial charge < -0.3 is 19.7 Å². The van der Waals surface area contributed by atoms with Crippen molar-refractivity contribution in [1.82, 2.24) is 10.2 Å². The van der Waals surface area contributed by atoms with Crippen LogP contribution in [-0.2, 0) is 13.1 Å². The van der Waals surface area contributed by atoms with Gasteiger partial charge in [0.2, 0.25) is 0 Å². The molecule has 1 aliphatic carbocycles. The summed E-state index contributed by atoms with van der Waals surface area (Å²) in [7, 11) is 0. The number of nitrogens with one attached hydrogen (secondary N) is 1. The largest absolute Gasteiger partial charge is 0.508 e. The van der Waals surface area contributed by atoms with Crippen LogP contribution in [0.3, 0.4) is 0 Å². The summed E-state index contributed by atoms with van der Waals surface area (Å²) in [5.41, 5.74) is 0.851. The molecule has 0 saturated heterocycles. The van der Waals surface area contributed by atoms with E-state index in [2.05, 4.69) is 5.32 Å². The van der Waals surface area contributed by atoms with Crippen molar-refractivity contribution < 1.29 is 9.52 Å². The third-order valence-corrected chi connectivity index (χ3v) is 3.85. The molecule has 0 aliphatic heterocycles. The van der Waals surface area contributed by atoms with Crippen LogP contribution in [0.4, 0.5) is 0 Å². The summed E-state index contributed by atoms with van der Waals surface area (Å²) in [5, 5.41) is 14.0. The van der Waals surface area contributed by atoms with Gasteiger partial charge in [0.25, 0.3) is 0 Å². The number of thiocarbonyl (C=S) groups is 1. The standard InChI is InChI=1S/C16H18N2O2S/c19-15-6-2-1-4-12(15)10-18(11-14-5-3-9-20-14)16(21)17-13-7-8-13/h1-6,9,13,19H,7-8,10-11H2,(H,17,21). The molecule has 1 heterocycles. The van der Waals surface area contributed by atoms with Crippen LogP contribution in [0.15, 0.2) is 47.1 Å². The average Bonchev–Trinajstić information content (AvgIpc) is 3.13. The first kappa shape index (κ1) is 13.9. The van der Waals surface area contributed by atoms with Crippen molar-refractivity contribution in [2.24, 2.45) is 0 Å². The van der Waals surface area contributed by atoms with Crippen molar-refractivity contribution in [2.45, 2.75) is 32.0 Å². The first-order valence-electron chi connectivity index (χ1n) is 7.07. The minimum Gasteiger partial charge on any atom is -0.508 e. The predicted octanol–water partition coefficient (Wildman–Crippen LogP) is 3.02. The van der Waals surface area contributed by atoms with Crippen molar-refractivity contribution in [2.75, 3.05) is 0 Å². The number of nitrogens with zero attached hydrogens (tertiary/aromatic N) is 1. The second-order valence-electron chi connectivity index (χ2n) is 5.29. The van der Waals surface area contributed by atoms with Gasteiger partial charge in [-0.15, -0.1) is 0 Å². The number of hydrogen-bond donors (Lipinski definition) is 2. The van der Waals surface area contributed by atoms with Gasteiger partial charge in [-0.25, -0.2) is 0 Å². The average molecular weight is 302 g/mol. The minimum absolute atomic E-state index is 0.288. The molecular weight excluding hydrogens is 284 g/mol. The summed E-state index contributed by atoms with van der Waals surface area (Å²) >= 11 is 5.50. The van der Waals surface area contributed by atoms with E-state index in [0.717, 1.165) is 11.3 Å². The summed E-state index contributed by atoms with van der Waals surface area (Å²) in [4.78, 5) is 2.02. The van der Waals surface area contributed by atoms with E-state index in [0.29, 0.717) is 24.2 Å². The third-order valence-electron chi connectivity index (χ3n) is 3.47. The molecule has 21 heavy (non-hydrogen) atoms. The van der Waals surface area contributed by atoms with Gasteiger partial charge in [0.1, 0.15) is 11.5 Å². The highest BCUT2D eigenvalue weighted by atomic mass is 32.1. The number of phenols is 1. The molecule has 0 amide bonds. The first-order valence-corrected chi connectivity index (χ1v) is 7.48. The Kier molecular flexibility index (Phi) is 4.10. The van der Waals surface area contributed by atoms with Crippen LogP contribution in [-0.4, -0.2) is 21.2 Å². The lowest BCUT2D eigenvalue weighted by Gasteiger charge is -2.25. The molecule has 4 nitrogen and oxygen atoms in total. The Hall–Kier alpha value is -2.01.